The van der Waals surface area contributed by atoms with Gasteiger partial charge in [-0.1, -0.05) is 41.9 Å². The van der Waals surface area contributed by atoms with Crippen LogP contribution in [0, 0.1) is 12.7 Å². The molecule has 11 heteroatoms. The van der Waals surface area contributed by atoms with Crippen molar-refractivity contribution in [2.45, 2.75) is 13.0 Å². The lowest BCUT2D eigenvalue weighted by molar-refractivity contribution is 0.323. The summed E-state index contributed by atoms with van der Waals surface area (Å²) in [5.74, 6) is 2.66. The van der Waals surface area contributed by atoms with E-state index in [4.69, 9.17) is 40.9 Å². The van der Waals surface area contributed by atoms with Gasteiger partial charge < -0.3 is 24.4 Å². The van der Waals surface area contributed by atoms with Crippen molar-refractivity contribution in [3.05, 3.63) is 113 Å². The van der Waals surface area contributed by atoms with Gasteiger partial charge in [-0.15, -0.1) is 0 Å². The van der Waals surface area contributed by atoms with Gasteiger partial charge in [0.1, 0.15) is 5.82 Å². The number of benzene rings is 4. The quantitative estimate of drug-likeness (QED) is 0.208. The van der Waals surface area contributed by atoms with Crippen molar-refractivity contribution >= 4 is 46.2 Å². The monoisotopic (exact) mass is 622 g/mol. The van der Waals surface area contributed by atoms with E-state index >= 15 is 0 Å². The molecule has 1 unspecified atom stereocenters. The third-order valence-corrected chi connectivity index (χ3v) is 8.11. The second-order valence-electron chi connectivity index (χ2n) is 10.4. The summed E-state index contributed by atoms with van der Waals surface area (Å²) in [6.45, 7) is 1.98. The molecule has 0 spiro atoms. The molecule has 9 nitrogen and oxygen atoms in total. The maximum atomic E-state index is 14.1. The molecule has 7 rings (SSSR count). The van der Waals surface area contributed by atoms with Crippen molar-refractivity contribution in [2.75, 3.05) is 31.5 Å². The third kappa shape index (κ3) is 4.74. The summed E-state index contributed by atoms with van der Waals surface area (Å²) in [5, 5.41) is 8.32. The molecule has 1 atom stereocenters. The number of aliphatic imine (C=N–C) groups is 2. The van der Waals surface area contributed by atoms with Crippen LogP contribution in [0.3, 0.4) is 0 Å². The van der Waals surface area contributed by atoms with E-state index in [0.29, 0.717) is 40.4 Å². The van der Waals surface area contributed by atoms with Crippen LogP contribution in [0.25, 0.3) is 5.69 Å². The zero-order valence-corrected chi connectivity index (χ0v) is 25.6. The first-order valence-corrected chi connectivity index (χ1v) is 14.5. The number of para-hydroxylation sites is 3. The van der Waals surface area contributed by atoms with Crippen LogP contribution in [0.5, 0.6) is 17.2 Å². The van der Waals surface area contributed by atoms with Gasteiger partial charge in [-0.05, 0) is 67.1 Å². The van der Waals surface area contributed by atoms with Crippen LogP contribution < -0.4 is 24.4 Å². The lowest BCUT2D eigenvalue weighted by Crippen LogP contribution is -2.46. The molecule has 2 aliphatic rings. The summed E-state index contributed by atoms with van der Waals surface area (Å²) in [7, 11) is 4.77. The second-order valence-corrected chi connectivity index (χ2v) is 10.8. The van der Waals surface area contributed by atoms with E-state index < -0.39 is 11.9 Å². The number of hydrogen-bond acceptors (Lipinski definition) is 8. The van der Waals surface area contributed by atoms with Crippen molar-refractivity contribution in [1.29, 1.82) is 0 Å². The molecule has 45 heavy (non-hydrogen) atoms. The Labute approximate surface area is 264 Å². The summed E-state index contributed by atoms with van der Waals surface area (Å²) in [4.78, 5) is 12.3. The van der Waals surface area contributed by atoms with Crippen LogP contribution in [0.15, 0.2) is 94.9 Å². The number of anilines is 2. The number of aryl methyl sites for hydroxylation is 1. The lowest BCUT2D eigenvalue weighted by Gasteiger charge is -2.40. The Bertz CT molecular complexity index is 1980. The van der Waals surface area contributed by atoms with E-state index in [1.165, 1.54) is 12.1 Å². The minimum absolute atomic E-state index is 0.00499. The molecule has 0 saturated heterocycles. The fourth-order valence-electron chi connectivity index (χ4n) is 5.83. The molecular formula is C34H28ClFN6O3. The van der Waals surface area contributed by atoms with Gasteiger partial charge >= 0.3 is 0 Å². The molecular weight excluding hydrogens is 595 g/mol. The molecule has 1 aromatic heterocycles. The first-order valence-electron chi connectivity index (χ1n) is 14.1. The summed E-state index contributed by atoms with van der Waals surface area (Å²) < 4.78 is 33.1. The number of rotatable bonds is 6. The minimum Gasteiger partial charge on any atom is -0.493 e. The van der Waals surface area contributed by atoms with Crippen LogP contribution in [0.2, 0.25) is 5.02 Å². The average Bonchev–Trinajstić information content (AvgIpc) is 3.40. The van der Waals surface area contributed by atoms with Gasteiger partial charge in [-0.25, -0.2) is 19.1 Å². The molecule has 0 amide bonds. The van der Waals surface area contributed by atoms with Crippen molar-refractivity contribution in [2.24, 2.45) is 9.98 Å². The highest BCUT2D eigenvalue weighted by molar-refractivity contribution is 6.51. The van der Waals surface area contributed by atoms with E-state index in [1.54, 1.807) is 27.4 Å². The van der Waals surface area contributed by atoms with Crippen LogP contribution in [-0.2, 0) is 0 Å². The molecule has 0 fully saturated rings. The standard InChI is InChI=1S/C34H28ClFN6O3/c1-19-29-30(20-16-27(43-2)31(45-4)28(17-20)44-3)41-26-13-9-8-12-25(26)38-32(37-21-14-15-24(36)23(35)18-21)34(41)39-33(29)42(40-19)22-10-6-5-7-11-22/h5-18,30H,1-4H3,(H,37,38). The van der Waals surface area contributed by atoms with Crippen LogP contribution in [0.1, 0.15) is 22.9 Å². The molecule has 5 aromatic rings. The predicted octanol–water partition coefficient (Wildman–Crippen LogP) is 7.79. The summed E-state index contributed by atoms with van der Waals surface area (Å²) in [5.41, 5.74) is 5.54. The van der Waals surface area contributed by atoms with Crippen molar-refractivity contribution in [1.82, 2.24) is 9.78 Å². The van der Waals surface area contributed by atoms with Gasteiger partial charge in [0.25, 0.3) is 0 Å². The second kappa shape index (κ2) is 11.3. The summed E-state index contributed by atoms with van der Waals surface area (Å²) in [6, 6.07) is 25.6. The fourth-order valence-corrected chi connectivity index (χ4v) is 6.01. The molecule has 4 aromatic carbocycles. The Morgan fingerprint density at radius 2 is 1.56 bits per heavy atom. The number of halogens is 2. The SMILES string of the molecule is COc1cc(C2c3c(C)nn(-c4ccccc4)c3N=C3C(Nc4ccc(F)c(Cl)c4)=Nc4ccccc4N32)cc(OC)c1OC. The topological polar surface area (TPSA) is 85.5 Å². The highest BCUT2D eigenvalue weighted by atomic mass is 35.5. The molecule has 0 aliphatic carbocycles. The first kappa shape index (κ1) is 28.4. The van der Waals surface area contributed by atoms with Gasteiger partial charge in [0.15, 0.2) is 29.0 Å². The number of nitrogens with one attached hydrogen (secondary N) is 1. The van der Waals surface area contributed by atoms with Crippen molar-refractivity contribution < 1.29 is 18.6 Å². The highest BCUT2D eigenvalue weighted by Crippen LogP contribution is 2.50. The summed E-state index contributed by atoms with van der Waals surface area (Å²) in [6.07, 6.45) is 0. The van der Waals surface area contributed by atoms with Crippen LogP contribution in [0.4, 0.5) is 27.3 Å². The molecule has 0 bridgehead atoms. The van der Waals surface area contributed by atoms with Gasteiger partial charge in [0.2, 0.25) is 5.75 Å². The molecule has 0 radical (unpaired) electrons. The number of fused-ring (bicyclic) bond motifs is 4. The van der Waals surface area contributed by atoms with Gasteiger partial charge in [0, 0.05) is 11.3 Å². The fraction of sp³-hybridized carbons (Fsp3) is 0.147. The minimum atomic E-state index is -0.510. The van der Waals surface area contributed by atoms with Crippen LogP contribution >= 0.6 is 11.6 Å². The first-order chi connectivity index (χ1) is 21.9. The number of methoxy groups -OCH3 is 3. The smallest absolute Gasteiger partial charge is 0.203 e. The maximum Gasteiger partial charge on any atom is 0.203 e. The lowest BCUT2D eigenvalue weighted by atomic mass is 9.92. The molecule has 0 saturated carbocycles. The number of amidine groups is 2. The van der Waals surface area contributed by atoms with E-state index in [9.17, 15) is 4.39 Å². The molecule has 2 aliphatic heterocycles. The van der Waals surface area contributed by atoms with Gasteiger partial charge in [-0.3, -0.25) is 0 Å². The Morgan fingerprint density at radius 1 is 0.844 bits per heavy atom. The molecule has 226 valence electrons. The number of hydrogen-bond donors (Lipinski definition) is 1. The number of aromatic nitrogens is 2. The Hall–Kier alpha value is -5.35. The Balaban J connectivity index is 1.51. The third-order valence-electron chi connectivity index (χ3n) is 7.82. The van der Waals surface area contributed by atoms with E-state index in [1.807, 2.05) is 78.3 Å². The molecule has 1 N–H and O–H groups in total. The molecule has 3 heterocycles. The largest absolute Gasteiger partial charge is 0.493 e. The van der Waals surface area contributed by atoms with Gasteiger partial charge in [0.05, 0.1) is 55.1 Å². The summed E-state index contributed by atoms with van der Waals surface area (Å²) >= 11 is 6.15. The van der Waals surface area contributed by atoms with Crippen molar-refractivity contribution in [3.8, 4) is 22.9 Å². The predicted molar refractivity (Wildman–Crippen MR) is 174 cm³/mol. The van der Waals surface area contributed by atoms with E-state index in [-0.39, 0.29) is 5.02 Å². The zero-order valence-electron chi connectivity index (χ0n) is 24.9. The number of nitrogens with zero attached hydrogens (tertiary/aromatic N) is 5. The normalized spacial score (nSPS) is 14.9. The number of ether oxygens (including phenoxy) is 3. The van der Waals surface area contributed by atoms with Crippen LogP contribution in [-0.4, -0.2) is 42.8 Å². The Kier molecular flexibility index (Phi) is 7.13. The maximum absolute atomic E-state index is 14.1. The highest BCUT2D eigenvalue weighted by Gasteiger charge is 2.42. The average molecular weight is 623 g/mol. The Morgan fingerprint density at radius 3 is 2.24 bits per heavy atom. The van der Waals surface area contributed by atoms with Crippen molar-refractivity contribution in [3.63, 3.8) is 0 Å². The van der Waals surface area contributed by atoms with E-state index in [2.05, 4.69) is 10.2 Å². The zero-order chi connectivity index (χ0) is 31.2. The van der Waals surface area contributed by atoms with Gasteiger partial charge in [-0.2, -0.15) is 5.10 Å². The van der Waals surface area contributed by atoms with E-state index in [0.717, 1.165) is 33.9 Å².